The molecule has 0 spiro atoms. The highest BCUT2D eigenvalue weighted by Crippen LogP contribution is 2.17. The highest BCUT2D eigenvalue weighted by atomic mass is 16.6. The minimum atomic E-state index is -0.414. The van der Waals surface area contributed by atoms with Gasteiger partial charge in [-0.1, -0.05) is 84.0 Å². The molecule has 0 aromatic heterocycles. The number of unbranched alkanes of at least 4 members (excludes halogenated alkanes) is 12. The largest absolute Gasteiger partial charge is 0.491 e. The second kappa shape index (κ2) is 17.5. The Kier molecular flexibility index (Phi) is 15.2. The molecule has 0 fully saturated rings. The van der Waals surface area contributed by atoms with Gasteiger partial charge in [-0.25, -0.2) is 0 Å². The van der Waals surface area contributed by atoms with E-state index in [4.69, 9.17) is 9.47 Å². The predicted molar refractivity (Wildman–Crippen MR) is 115 cm³/mol. The van der Waals surface area contributed by atoms with Crippen molar-refractivity contribution in [2.45, 2.75) is 90.4 Å². The summed E-state index contributed by atoms with van der Waals surface area (Å²) in [5, 5.41) is 10.6. The summed E-state index contributed by atoms with van der Waals surface area (Å²) in [7, 11) is 0. The standard InChI is InChI=1S/C23H39NO4/c1-2-3-4-5-6-7-8-9-10-11-12-13-14-19-27-20-21-28-23-17-15-22(16-18-23)24(25)26/h15-18H,2-14,19-21H2,1H3. The Morgan fingerprint density at radius 3 is 1.71 bits per heavy atom. The van der Waals surface area contributed by atoms with E-state index in [-0.39, 0.29) is 5.69 Å². The van der Waals surface area contributed by atoms with Gasteiger partial charge in [-0.2, -0.15) is 0 Å². The molecule has 0 bridgehead atoms. The molecule has 0 N–H and O–H groups in total. The Balaban J connectivity index is 1.79. The summed E-state index contributed by atoms with van der Waals surface area (Å²) in [6.07, 6.45) is 17.6. The van der Waals surface area contributed by atoms with Crippen LogP contribution in [0.4, 0.5) is 5.69 Å². The van der Waals surface area contributed by atoms with Crippen LogP contribution in [0, 0.1) is 10.1 Å². The van der Waals surface area contributed by atoms with Crippen LogP contribution < -0.4 is 4.74 Å². The molecule has 0 amide bonds. The second-order valence-electron chi connectivity index (χ2n) is 7.45. The van der Waals surface area contributed by atoms with E-state index in [1.165, 1.54) is 89.2 Å². The average Bonchev–Trinajstić information content (AvgIpc) is 2.70. The minimum Gasteiger partial charge on any atom is -0.491 e. The van der Waals surface area contributed by atoms with Crippen LogP contribution >= 0.6 is 0 Å². The number of nitrogens with zero attached hydrogens (tertiary/aromatic N) is 1. The number of non-ortho nitro benzene ring substituents is 1. The van der Waals surface area contributed by atoms with E-state index >= 15 is 0 Å². The molecular weight excluding hydrogens is 354 g/mol. The maximum Gasteiger partial charge on any atom is 0.269 e. The molecular formula is C23H39NO4. The molecule has 5 heteroatoms. The third-order valence-corrected chi connectivity index (χ3v) is 4.94. The zero-order valence-corrected chi connectivity index (χ0v) is 17.7. The zero-order chi connectivity index (χ0) is 20.3. The van der Waals surface area contributed by atoms with Crippen LogP contribution in [0.25, 0.3) is 0 Å². The Hall–Kier alpha value is -1.62. The fourth-order valence-corrected chi connectivity index (χ4v) is 3.21. The van der Waals surface area contributed by atoms with E-state index in [9.17, 15) is 10.1 Å². The number of ether oxygens (including phenoxy) is 2. The molecule has 1 aromatic rings. The quantitative estimate of drug-likeness (QED) is 0.143. The molecule has 0 aliphatic heterocycles. The molecule has 1 rings (SSSR count). The molecule has 0 heterocycles. The Bertz CT molecular complexity index is 490. The van der Waals surface area contributed by atoms with Gasteiger partial charge >= 0.3 is 0 Å². The molecule has 0 radical (unpaired) electrons. The van der Waals surface area contributed by atoms with Gasteiger partial charge in [0, 0.05) is 18.7 Å². The predicted octanol–water partition coefficient (Wildman–Crippen LogP) is 7.08. The smallest absolute Gasteiger partial charge is 0.269 e. The van der Waals surface area contributed by atoms with Crippen LogP contribution in [0.2, 0.25) is 0 Å². The molecule has 0 saturated heterocycles. The summed E-state index contributed by atoms with van der Waals surface area (Å²) >= 11 is 0. The van der Waals surface area contributed by atoms with E-state index in [2.05, 4.69) is 6.92 Å². The van der Waals surface area contributed by atoms with Crippen molar-refractivity contribution >= 4 is 5.69 Å². The van der Waals surface area contributed by atoms with Gasteiger partial charge in [-0.3, -0.25) is 10.1 Å². The first-order valence-corrected chi connectivity index (χ1v) is 11.2. The van der Waals surface area contributed by atoms with Crippen molar-refractivity contribution in [3.05, 3.63) is 34.4 Å². The first kappa shape index (κ1) is 24.4. The molecule has 5 nitrogen and oxygen atoms in total. The molecule has 1 aromatic carbocycles. The monoisotopic (exact) mass is 393 g/mol. The van der Waals surface area contributed by atoms with E-state index in [1.807, 2.05) is 0 Å². The summed E-state index contributed by atoms with van der Waals surface area (Å²) in [5.41, 5.74) is 0.0750. The lowest BCUT2D eigenvalue weighted by molar-refractivity contribution is -0.384. The van der Waals surface area contributed by atoms with Crippen LogP contribution in [-0.2, 0) is 4.74 Å². The van der Waals surface area contributed by atoms with Crippen molar-refractivity contribution in [2.24, 2.45) is 0 Å². The lowest BCUT2D eigenvalue weighted by Gasteiger charge is -2.07. The summed E-state index contributed by atoms with van der Waals surface area (Å²) in [6, 6.07) is 6.13. The molecule has 28 heavy (non-hydrogen) atoms. The van der Waals surface area contributed by atoms with Crippen molar-refractivity contribution in [1.29, 1.82) is 0 Å². The molecule has 0 aliphatic carbocycles. The fourth-order valence-electron chi connectivity index (χ4n) is 3.21. The van der Waals surface area contributed by atoms with Crippen LogP contribution in [0.3, 0.4) is 0 Å². The summed E-state index contributed by atoms with van der Waals surface area (Å²) in [4.78, 5) is 10.2. The van der Waals surface area contributed by atoms with Crippen molar-refractivity contribution in [3.63, 3.8) is 0 Å². The minimum absolute atomic E-state index is 0.0750. The first-order valence-electron chi connectivity index (χ1n) is 11.2. The molecule has 160 valence electrons. The van der Waals surface area contributed by atoms with E-state index in [0.717, 1.165) is 13.0 Å². The van der Waals surface area contributed by atoms with Crippen molar-refractivity contribution in [1.82, 2.24) is 0 Å². The van der Waals surface area contributed by atoms with Gasteiger partial charge in [-0.15, -0.1) is 0 Å². The summed E-state index contributed by atoms with van der Waals surface area (Å²) in [6.45, 7) is 4.07. The molecule has 0 saturated carbocycles. The number of nitro groups is 1. The summed E-state index contributed by atoms with van der Waals surface area (Å²) in [5.74, 6) is 0.634. The Labute approximate surface area is 171 Å². The van der Waals surface area contributed by atoms with Crippen LogP contribution in [0.15, 0.2) is 24.3 Å². The first-order chi connectivity index (χ1) is 13.7. The maximum atomic E-state index is 10.6. The second-order valence-corrected chi connectivity index (χ2v) is 7.45. The number of hydrogen-bond acceptors (Lipinski definition) is 4. The number of nitro benzene ring substituents is 1. The average molecular weight is 394 g/mol. The highest BCUT2D eigenvalue weighted by molar-refractivity contribution is 5.35. The molecule has 0 aliphatic rings. The zero-order valence-electron chi connectivity index (χ0n) is 17.7. The van der Waals surface area contributed by atoms with E-state index < -0.39 is 4.92 Å². The third-order valence-electron chi connectivity index (χ3n) is 4.94. The highest BCUT2D eigenvalue weighted by Gasteiger charge is 2.04. The number of rotatable bonds is 19. The lowest BCUT2D eigenvalue weighted by Crippen LogP contribution is -2.07. The van der Waals surface area contributed by atoms with Crippen LogP contribution in [-0.4, -0.2) is 24.7 Å². The Morgan fingerprint density at radius 2 is 1.21 bits per heavy atom. The number of hydrogen-bond donors (Lipinski definition) is 0. The van der Waals surface area contributed by atoms with Crippen molar-refractivity contribution < 1.29 is 14.4 Å². The molecule has 0 unspecified atom stereocenters. The van der Waals surface area contributed by atoms with Crippen LogP contribution in [0.5, 0.6) is 5.75 Å². The van der Waals surface area contributed by atoms with Gasteiger partial charge in [0.15, 0.2) is 0 Å². The van der Waals surface area contributed by atoms with E-state index in [0.29, 0.717) is 19.0 Å². The lowest BCUT2D eigenvalue weighted by atomic mass is 10.0. The van der Waals surface area contributed by atoms with Gasteiger partial charge in [-0.05, 0) is 18.6 Å². The van der Waals surface area contributed by atoms with Gasteiger partial charge in [0.2, 0.25) is 0 Å². The van der Waals surface area contributed by atoms with Gasteiger partial charge in [0.25, 0.3) is 5.69 Å². The maximum absolute atomic E-state index is 10.6. The van der Waals surface area contributed by atoms with Crippen molar-refractivity contribution in [2.75, 3.05) is 19.8 Å². The van der Waals surface area contributed by atoms with Gasteiger partial charge in [0.1, 0.15) is 12.4 Å². The topological polar surface area (TPSA) is 61.6 Å². The van der Waals surface area contributed by atoms with Gasteiger partial charge in [0.05, 0.1) is 11.5 Å². The summed E-state index contributed by atoms with van der Waals surface area (Å²) < 4.78 is 11.1. The normalized spacial score (nSPS) is 10.9. The van der Waals surface area contributed by atoms with E-state index in [1.54, 1.807) is 12.1 Å². The molecule has 0 atom stereocenters. The fraction of sp³-hybridized carbons (Fsp3) is 0.739. The Morgan fingerprint density at radius 1 is 0.714 bits per heavy atom. The number of benzene rings is 1. The van der Waals surface area contributed by atoms with Crippen molar-refractivity contribution in [3.8, 4) is 5.75 Å². The third kappa shape index (κ3) is 13.5. The SMILES string of the molecule is CCCCCCCCCCCCCCCOCCOc1ccc([N+](=O)[O-])cc1. The van der Waals surface area contributed by atoms with Gasteiger partial charge < -0.3 is 9.47 Å². The van der Waals surface area contributed by atoms with Crippen LogP contribution in [0.1, 0.15) is 90.4 Å².